The second-order valence-electron chi connectivity index (χ2n) is 4.04. The van der Waals surface area contributed by atoms with Gasteiger partial charge in [0.2, 0.25) is 0 Å². The first-order valence-electron chi connectivity index (χ1n) is 5.34. The Morgan fingerprint density at radius 2 is 2.13 bits per heavy atom. The summed E-state index contributed by atoms with van der Waals surface area (Å²) in [6.45, 7) is 8.88. The van der Waals surface area contributed by atoms with E-state index >= 15 is 0 Å². The first kappa shape index (κ1) is 11.8. The van der Waals surface area contributed by atoms with E-state index < -0.39 is 0 Å². The summed E-state index contributed by atoms with van der Waals surface area (Å²) >= 11 is 0. The third-order valence-electron chi connectivity index (χ3n) is 2.86. The number of nitrogens with zero attached hydrogens (tertiary/aromatic N) is 2. The summed E-state index contributed by atoms with van der Waals surface area (Å²) in [4.78, 5) is 0. The van der Waals surface area contributed by atoms with Crippen molar-refractivity contribution in [2.75, 3.05) is 0 Å². The molecule has 1 aromatic heterocycles. The van der Waals surface area contributed by atoms with Gasteiger partial charge in [-0.15, -0.1) is 0 Å². The van der Waals surface area contributed by atoms with Gasteiger partial charge in [-0.1, -0.05) is 13.8 Å². The van der Waals surface area contributed by atoms with Crippen molar-refractivity contribution in [1.82, 2.24) is 9.78 Å². The third kappa shape index (κ3) is 2.37. The summed E-state index contributed by atoms with van der Waals surface area (Å²) in [7, 11) is 0. The van der Waals surface area contributed by atoms with Crippen molar-refractivity contribution in [1.29, 1.82) is 5.41 Å². The number of hydrogen-bond acceptors (Lipinski definition) is 2. The van der Waals surface area contributed by atoms with Crippen LogP contribution in [0.2, 0.25) is 0 Å². The van der Waals surface area contributed by atoms with E-state index in [4.69, 9.17) is 11.1 Å². The molecule has 4 heteroatoms. The van der Waals surface area contributed by atoms with E-state index in [1.807, 2.05) is 18.5 Å². The molecule has 1 atom stereocenters. The zero-order chi connectivity index (χ0) is 11.6. The molecule has 84 valence electrons. The van der Waals surface area contributed by atoms with Crippen LogP contribution in [0.1, 0.15) is 30.8 Å². The number of aryl methyl sites for hydroxylation is 1. The fourth-order valence-electron chi connectivity index (χ4n) is 1.78. The minimum Gasteiger partial charge on any atom is -0.387 e. The van der Waals surface area contributed by atoms with Crippen LogP contribution in [0.15, 0.2) is 0 Å². The second-order valence-corrected chi connectivity index (χ2v) is 4.04. The minimum absolute atomic E-state index is 0.0488. The molecule has 0 amide bonds. The summed E-state index contributed by atoms with van der Waals surface area (Å²) in [6.07, 6.45) is 1.01. The molecule has 1 unspecified atom stereocenters. The van der Waals surface area contributed by atoms with Gasteiger partial charge in [-0.05, 0) is 25.8 Å². The van der Waals surface area contributed by atoms with Crippen molar-refractivity contribution >= 4 is 5.84 Å². The number of nitrogens with two attached hydrogens (primary N) is 1. The largest absolute Gasteiger partial charge is 0.387 e. The summed E-state index contributed by atoms with van der Waals surface area (Å²) in [5.41, 5.74) is 9.05. The maximum atomic E-state index is 7.36. The molecule has 4 nitrogen and oxygen atoms in total. The molecular formula is C11H20N4. The van der Waals surface area contributed by atoms with Crippen molar-refractivity contribution in [3.8, 4) is 0 Å². The third-order valence-corrected chi connectivity index (χ3v) is 2.86. The molecule has 0 aliphatic heterocycles. The minimum atomic E-state index is 0.0488. The maximum Gasteiger partial charge on any atom is 0.0952 e. The Morgan fingerprint density at radius 1 is 1.53 bits per heavy atom. The summed E-state index contributed by atoms with van der Waals surface area (Å²) in [5, 5.41) is 11.8. The van der Waals surface area contributed by atoms with Crippen molar-refractivity contribution in [3.63, 3.8) is 0 Å². The number of hydrogen-bond donors (Lipinski definition) is 2. The number of nitrogens with one attached hydrogen (secondary N) is 1. The van der Waals surface area contributed by atoms with Crippen LogP contribution in [-0.4, -0.2) is 15.6 Å². The van der Waals surface area contributed by atoms with Crippen LogP contribution in [0, 0.1) is 25.2 Å². The molecular weight excluding hydrogens is 188 g/mol. The van der Waals surface area contributed by atoms with Gasteiger partial charge >= 0.3 is 0 Å². The van der Waals surface area contributed by atoms with E-state index in [2.05, 4.69) is 18.9 Å². The van der Waals surface area contributed by atoms with E-state index in [0.29, 0.717) is 6.54 Å². The molecule has 0 aliphatic carbocycles. The van der Waals surface area contributed by atoms with Gasteiger partial charge in [-0.2, -0.15) is 5.10 Å². The van der Waals surface area contributed by atoms with Crippen LogP contribution < -0.4 is 5.73 Å². The molecule has 0 fully saturated rings. The predicted molar refractivity (Wildman–Crippen MR) is 62.2 cm³/mol. The lowest BCUT2D eigenvalue weighted by molar-refractivity contribution is 0.523. The molecule has 1 rings (SSSR count). The highest BCUT2D eigenvalue weighted by molar-refractivity contribution is 5.79. The van der Waals surface area contributed by atoms with E-state index in [9.17, 15) is 0 Å². The van der Waals surface area contributed by atoms with Crippen molar-refractivity contribution in [3.05, 3.63) is 17.0 Å². The molecule has 1 aromatic rings. The van der Waals surface area contributed by atoms with Crippen LogP contribution in [-0.2, 0) is 13.0 Å². The monoisotopic (exact) mass is 208 g/mol. The summed E-state index contributed by atoms with van der Waals surface area (Å²) in [6, 6.07) is 0. The van der Waals surface area contributed by atoms with Crippen LogP contribution in [0.4, 0.5) is 0 Å². The Balaban J connectivity index is 2.91. The molecule has 3 N–H and O–H groups in total. The van der Waals surface area contributed by atoms with Crippen molar-refractivity contribution in [2.45, 2.75) is 40.7 Å². The lowest BCUT2D eigenvalue weighted by Crippen LogP contribution is -2.25. The molecule has 0 aromatic carbocycles. The lowest BCUT2D eigenvalue weighted by Gasteiger charge is -2.11. The highest BCUT2D eigenvalue weighted by atomic mass is 15.3. The lowest BCUT2D eigenvalue weighted by atomic mass is 10.1. The van der Waals surface area contributed by atoms with E-state index in [-0.39, 0.29) is 11.8 Å². The summed E-state index contributed by atoms with van der Waals surface area (Å²) in [5.74, 6) is 0.272. The zero-order valence-corrected chi connectivity index (χ0v) is 9.96. The molecule has 0 bridgehead atoms. The SMILES string of the molecule is CCc1c(C)nn(CC(C)C(=N)N)c1C. The number of rotatable bonds is 4. The van der Waals surface area contributed by atoms with Gasteiger partial charge in [0.1, 0.15) is 0 Å². The average Bonchev–Trinajstić information content (AvgIpc) is 2.41. The highest BCUT2D eigenvalue weighted by Crippen LogP contribution is 2.14. The Bertz CT molecular complexity index is 365. The number of aromatic nitrogens is 2. The standard InChI is InChI=1S/C11H20N4/c1-5-10-8(3)14-15(9(10)4)6-7(2)11(12)13/h7H,5-6H2,1-4H3,(H3,12,13). The molecule has 0 saturated carbocycles. The van der Waals surface area contributed by atoms with Crippen molar-refractivity contribution in [2.24, 2.45) is 11.7 Å². The van der Waals surface area contributed by atoms with Gasteiger partial charge in [-0.3, -0.25) is 10.1 Å². The Labute approximate surface area is 91.0 Å². The topological polar surface area (TPSA) is 67.7 Å². The molecule has 15 heavy (non-hydrogen) atoms. The molecule has 0 aliphatic rings. The first-order valence-corrected chi connectivity index (χ1v) is 5.34. The van der Waals surface area contributed by atoms with E-state index in [1.165, 1.54) is 11.3 Å². The Kier molecular flexibility index (Phi) is 3.50. The van der Waals surface area contributed by atoms with E-state index in [0.717, 1.165) is 12.1 Å². The Morgan fingerprint density at radius 3 is 2.53 bits per heavy atom. The van der Waals surface area contributed by atoms with E-state index in [1.54, 1.807) is 0 Å². The van der Waals surface area contributed by atoms with Crippen LogP contribution in [0.3, 0.4) is 0 Å². The quantitative estimate of drug-likeness (QED) is 0.583. The highest BCUT2D eigenvalue weighted by Gasteiger charge is 2.13. The predicted octanol–water partition coefficient (Wildman–Crippen LogP) is 1.63. The van der Waals surface area contributed by atoms with Gasteiger partial charge in [0.25, 0.3) is 0 Å². The molecule has 1 heterocycles. The fraction of sp³-hybridized carbons (Fsp3) is 0.636. The second kappa shape index (κ2) is 4.47. The molecule has 0 radical (unpaired) electrons. The van der Waals surface area contributed by atoms with Gasteiger partial charge < -0.3 is 5.73 Å². The Hall–Kier alpha value is -1.32. The maximum absolute atomic E-state index is 7.36. The van der Waals surface area contributed by atoms with Crippen LogP contribution >= 0.6 is 0 Å². The fourth-order valence-corrected chi connectivity index (χ4v) is 1.78. The average molecular weight is 208 g/mol. The normalized spacial score (nSPS) is 12.8. The van der Waals surface area contributed by atoms with Crippen molar-refractivity contribution < 1.29 is 0 Å². The molecule has 0 spiro atoms. The smallest absolute Gasteiger partial charge is 0.0952 e. The summed E-state index contributed by atoms with van der Waals surface area (Å²) < 4.78 is 1.96. The first-order chi connectivity index (χ1) is 6.97. The number of amidine groups is 1. The van der Waals surface area contributed by atoms with Crippen LogP contribution in [0.25, 0.3) is 0 Å². The van der Waals surface area contributed by atoms with Gasteiger partial charge in [-0.25, -0.2) is 0 Å². The van der Waals surface area contributed by atoms with Gasteiger partial charge in [0.15, 0.2) is 0 Å². The zero-order valence-electron chi connectivity index (χ0n) is 9.96. The van der Waals surface area contributed by atoms with Gasteiger partial charge in [0, 0.05) is 11.6 Å². The van der Waals surface area contributed by atoms with Crippen LogP contribution in [0.5, 0.6) is 0 Å². The van der Waals surface area contributed by atoms with Gasteiger partial charge in [0.05, 0.1) is 18.1 Å². The molecule has 0 saturated heterocycles.